The molecule has 1 saturated carbocycles. The first-order valence-electron chi connectivity index (χ1n) is 11.5. The second kappa shape index (κ2) is 8.94. The van der Waals surface area contributed by atoms with Gasteiger partial charge in [0, 0.05) is 25.2 Å². The van der Waals surface area contributed by atoms with Crippen LogP contribution in [0.15, 0.2) is 30.5 Å². The molecule has 1 aromatic carbocycles. The van der Waals surface area contributed by atoms with E-state index in [-0.39, 0.29) is 35.2 Å². The van der Waals surface area contributed by atoms with E-state index in [4.69, 9.17) is 4.74 Å². The van der Waals surface area contributed by atoms with Crippen molar-refractivity contribution in [1.29, 1.82) is 0 Å². The third kappa shape index (κ3) is 4.28. The highest BCUT2D eigenvalue weighted by Gasteiger charge is 2.29. The molecular formula is C24H28N6O4. The van der Waals surface area contributed by atoms with E-state index in [1.54, 1.807) is 16.8 Å². The van der Waals surface area contributed by atoms with Gasteiger partial charge in [0.2, 0.25) is 5.82 Å². The third-order valence-corrected chi connectivity index (χ3v) is 6.11. The average Bonchev–Trinajstić information content (AvgIpc) is 3.54. The van der Waals surface area contributed by atoms with Gasteiger partial charge in [-0.25, -0.2) is 4.98 Å². The Bertz CT molecular complexity index is 1200. The minimum atomic E-state index is -0.333. The van der Waals surface area contributed by atoms with Crippen molar-refractivity contribution in [3.63, 3.8) is 0 Å². The average molecular weight is 465 g/mol. The number of carbonyl (C=O) groups is 1. The van der Waals surface area contributed by atoms with Crippen LogP contribution in [0.25, 0.3) is 17.1 Å². The van der Waals surface area contributed by atoms with Crippen LogP contribution in [0.5, 0.6) is 11.5 Å². The van der Waals surface area contributed by atoms with Gasteiger partial charge in [-0.3, -0.25) is 9.36 Å². The van der Waals surface area contributed by atoms with Crippen molar-refractivity contribution in [2.45, 2.75) is 38.6 Å². The molecule has 2 fully saturated rings. The summed E-state index contributed by atoms with van der Waals surface area (Å²) in [5.41, 5.74) is 1.63. The number of benzene rings is 1. The zero-order valence-electron chi connectivity index (χ0n) is 19.2. The number of amides is 1. The molecule has 0 radical (unpaired) electrons. The van der Waals surface area contributed by atoms with Crippen molar-refractivity contribution < 1.29 is 19.7 Å². The highest BCUT2D eigenvalue weighted by molar-refractivity contribution is 5.92. The third-order valence-electron chi connectivity index (χ3n) is 6.11. The number of phenolic OH excluding ortho intramolecular Hbond substituents is 2. The number of carbonyl (C=O) groups excluding carboxylic acids is 1. The minimum Gasteiger partial charge on any atom is -0.508 e. The number of nitrogens with one attached hydrogen (secondary N) is 1. The van der Waals surface area contributed by atoms with Crippen LogP contribution in [0.1, 0.15) is 48.8 Å². The molecule has 3 aromatic rings. The lowest BCUT2D eigenvalue weighted by Gasteiger charge is -2.27. The van der Waals surface area contributed by atoms with Gasteiger partial charge in [0.1, 0.15) is 17.3 Å². The maximum Gasteiger partial charge on any atom is 0.289 e. The van der Waals surface area contributed by atoms with Crippen molar-refractivity contribution in [2.24, 2.45) is 0 Å². The number of morpholine rings is 1. The fraction of sp³-hybridized carbons (Fsp3) is 0.417. The normalized spacial score (nSPS) is 16.1. The molecule has 3 N–H and O–H groups in total. The molecule has 0 spiro atoms. The molecule has 10 nitrogen and oxygen atoms in total. The summed E-state index contributed by atoms with van der Waals surface area (Å²) in [5.74, 6) is 0.764. The second-order valence-corrected chi connectivity index (χ2v) is 8.99. The van der Waals surface area contributed by atoms with Crippen molar-refractivity contribution in [3.05, 3.63) is 41.9 Å². The quantitative estimate of drug-likeness (QED) is 0.508. The molecule has 2 aliphatic rings. The maximum atomic E-state index is 13.0. The fourth-order valence-corrected chi connectivity index (χ4v) is 4.05. The van der Waals surface area contributed by atoms with Crippen LogP contribution < -0.4 is 10.2 Å². The van der Waals surface area contributed by atoms with Crippen LogP contribution >= 0.6 is 0 Å². The lowest BCUT2D eigenvalue weighted by atomic mass is 9.98. The molecular weight excluding hydrogens is 436 g/mol. The molecule has 5 rings (SSSR count). The number of phenols is 2. The number of ether oxygens (including phenoxy) is 1. The predicted molar refractivity (Wildman–Crippen MR) is 126 cm³/mol. The number of pyridine rings is 1. The first-order valence-corrected chi connectivity index (χ1v) is 11.5. The molecule has 1 amide bonds. The van der Waals surface area contributed by atoms with Crippen molar-refractivity contribution in [3.8, 4) is 28.6 Å². The molecule has 2 aromatic heterocycles. The van der Waals surface area contributed by atoms with Gasteiger partial charge in [-0.2, -0.15) is 0 Å². The van der Waals surface area contributed by atoms with E-state index in [1.165, 1.54) is 6.07 Å². The zero-order valence-corrected chi connectivity index (χ0v) is 19.2. The highest BCUT2D eigenvalue weighted by Crippen LogP contribution is 2.38. The Balaban J connectivity index is 1.59. The Labute approximate surface area is 197 Å². The molecule has 178 valence electrons. The van der Waals surface area contributed by atoms with E-state index in [9.17, 15) is 15.0 Å². The Morgan fingerprint density at radius 2 is 1.88 bits per heavy atom. The van der Waals surface area contributed by atoms with E-state index >= 15 is 0 Å². The molecule has 1 aliphatic heterocycles. The Kier molecular flexibility index (Phi) is 5.82. The van der Waals surface area contributed by atoms with E-state index in [2.05, 4.69) is 25.4 Å². The largest absolute Gasteiger partial charge is 0.508 e. The summed E-state index contributed by atoms with van der Waals surface area (Å²) in [5, 5.41) is 32.3. The van der Waals surface area contributed by atoms with Crippen LogP contribution in [0.2, 0.25) is 0 Å². The number of aromatic hydroxyl groups is 2. The molecule has 10 heteroatoms. The standard InChI is InChI=1S/C24H28N6O4/c1-14(2)17-11-18(20(32)12-19(17)31)22-27-28-23(24(33)26-15-3-4-15)30(22)16-5-6-21(25-13-16)29-7-9-34-10-8-29/h5-6,11-15,31-32H,3-4,7-10H2,1-2H3,(H,26,33). The van der Waals surface area contributed by atoms with Gasteiger partial charge < -0.3 is 25.2 Å². The minimum absolute atomic E-state index is 0.00514. The second-order valence-electron chi connectivity index (χ2n) is 8.99. The van der Waals surface area contributed by atoms with Crippen molar-refractivity contribution in [1.82, 2.24) is 25.1 Å². The first-order chi connectivity index (χ1) is 16.4. The van der Waals surface area contributed by atoms with Gasteiger partial charge in [0.05, 0.1) is 30.7 Å². The predicted octanol–water partition coefficient (Wildman–Crippen LogP) is 2.59. The molecule has 1 aliphatic carbocycles. The topological polar surface area (TPSA) is 126 Å². The summed E-state index contributed by atoms with van der Waals surface area (Å²) in [6, 6.07) is 6.89. The number of hydrogen-bond acceptors (Lipinski definition) is 8. The molecule has 3 heterocycles. The maximum absolute atomic E-state index is 13.0. The molecule has 0 unspecified atom stereocenters. The highest BCUT2D eigenvalue weighted by atomic mass is 16.5. The number of aromatic nitrogens is 4. The Morgan fingerprint density at radius 3 is 2.53 bits per heavy atom. The van der Waals surface area contributed by atoms with E-state index in [0.29, 0.717) is 35.9 Å². The summed E-state index contributed by atoms with van der Waals surface area (Å²) in [6.07, 6.45) is 3.56. The lowest BCUT2D eigenvalue weighted by molar-refractivity contribution is 0.0938. The lowest BCUT2D eigenvalue weighted by Crippen LogP contribution is -2.36. The summed E-state index contributed by atoms with van der Waals surface area (Å²) in [6.45, 7) is 6.73. The summed E-state index contributed by atoms with van der Waals surface area (Å²) >= 11 is 0. The molecule has 34 heavy (non-hydrogen) atoms. The van der Waals surface area contributed by atoms with Crippen LogP contribution in [-0.4, -0.2) is 68.2 Å². The molecule has 0 atom stereocenters. The zero-order chi connectivity index (χ0) is 23.8. The fourth-order valence-electron chi connectivity index (χ4n) is 4.05. The Hall–Kier alpha value is -3.66. The van der Waals surface area contributed by atoms with E-state index in [1.807, 2.05) is 26.0 Å². The number of rotatable bonds is 6. The van der Waals surface area contributed by atoms with E-state index in [0.717, 1.165) is 31.7 Å². The first kappa shape index (κ1) is 22.1. The van der Waals surface area contributed by atoms with Gasteiger partial charge in [-0.15, -0.1) is 10.2 Å². The number of nitrogens with zero attached hydrogens (tertiary/aromatic N) is 5. The summed E-state index contributed by atoms with van der Waals surface area (Å²) < 4.78 is 7.02. The molecule has 0 bridgehead atoms. The van der Waals surface area contributed by atoms with Crippen molar-refractivity contribution >= 4 is 11.7 Å². The van der Waals surface area contributed by atoms with Gasteiger partial charge in [-0.1, -0.05) is 13.8 Å². The van der Waals surface area contributed by atoms with Gasteiger partial charge in [-0.05, 0) is 42.5 Å². The monoisotopic (exact) mass is 464 g/mol. The van der Waals surface area contributed by atoms with Crippen LogP contribution in [0.4, 0.5) is 5.82 Å². The van der Waals surface area contributed by atoms with Gasteiger partial charge >= 0.3 is 0 Å². The van der Waals surface area contributed by atoms with Crippen LogP contribution in [0.3, 0.4) is 0 Å². The SMILES string of the molecule is CC(C)c1cc(-c2nnc(C(=O)NC3CC3)n2-c2ccc(N3CCOCC3)nc2)c(O)cc1O. The summed E-state index contributed by atoms with van der Waals surface area (Å²) in [7, 11) is 0. The van der Waals surface area contributed by atoms with Crippen molar-refractivity contribution in [2.75, 3.05) is 31.2 Å². The summed E-state index contributed by atoms with van der Waals surface area (Å²) in [4.78, 5) is 19.7. The number of anilines is 1. The number of hydrogen-bond donors (Lipinski definition) is 3. The van der Waals surface area contributed by atoms with Gasteiger partial charge in [0.25, 0.3) is 5.91 Å². The van der Waals surface area contributed by atoms with Crippen LogP contribution in [0, 0.1) is 0 Å². The molecule has 1 saturated heterocycles. The van der Waals surface area contributed by atoms with Crippen LogP contribution in [-0.2, 0) is 4.74 Å². The smallest absolute Gasteiger partial charge is 0.289 e. The van der Waals surface area contributed by atoms with E-state index < -0.39 is 0 Å². The van der Waals surface area contributed by atoms with Gasteiger partial charge in [0.15, 0.2) is 5.82 Å². The Morgan fingerprint density at radius 1 is 1.12 bits per heavy atom.